The van der Waals surface area contributed by atoms with E-state index in [4.69, 9.17) is 23.2 Å². The Kier molecular flexibility index (Phi) is 8.74. The average molecular weight is 619 g/mol. The first-order valence-corrected chi connectivity index (χ1v) is 15.6. The number of halogens is 2. The molecule has 0 bridgehead atoms. The Bertz CT molecular complexity index is 1760. The summed E-state index contributed by atoms with van der Waals surface area (Å²) in [7, 11) is -8.09. The molecule has 208 valence electrons. The molecule has 0 saturated heterocycles. The van der Waals surface area contributed by atoms with Crippen LogP contribution >= 0.6 is 23.2 Å². The van der Waals surface area contributed by atoms with Crippen LogP contribution in [0, 0.1) is 13.8 Å². The molecule has 0 aliphatic carbocycles. The summed E-state index contributed by atoms with van der Waals surface area (Å²) in [5.74, 6) is -0.681. The summed E-state index contributed by atoms with van der Waals surface area (Å²) in [5, 5.41) is 2.93. The van der Waals surface area contributed by atoms with Gasteiger partial charge in [0.15, 0.2) is 0 Å². The van der Waals surface area contributed by atoms with Crippen molar-refractivity contribution in [2.75, 3.05) is 20.9 Å². The normalized spacial score (nSPS) is 11.6. The Morgan fingerprint density at radius 1 is 0.800 bits per heavy atom. The standard InChI is InChI=1S/C28H25Cl2N3O5S2/c1-19-8-15-26(20(2)16-19)32-39(35,36)23-12-10-22(11-13-23)31-28(34)18-33(27-17-21(29)9-14-25(27)30)40(37,38)24-6-4-3-5-7-24/h3-17,32H,18H2,1-2H3,(H,31,34). The second-order valence-corrected chi connectivity index (χ2v) is 13.3. The number of amides is 1. The number of nitrogens with zero attached hydrogens (tertiary/aromatic N) is 1. The first-order valence-electron chi connectivity index (χ1n) is 11.9. The van der Waals surface area contributed by atoms with Crippen LogP contribution in [0.4, 0.5) is 17.1 Å². The molecular weight excluding hydrogens is 593 g/mol. The van der Waals surface area contributed by atoms with Crippen LogP contribution in [0.5, 0.6) is 0 Å². The molecule has 0 aromatic heterocycles. The quantitative estimate of drug-likeness (QED) is 0.231. The lowest BCUT2D eigenvalue weighted by molar-refractivity contribution is -0.114. The Hall–Kier alpha value is -3.57. The number of carbonyl (C=O) groups excluding carboxylic acids is 1. The van der Waals surface area contributed by atoms with Gasteiger partial charge in [-0.1, -0.05) is 59.1 Å². The van der Waals surface area contributed by atoms with Crippen LogP contribution in [0.1, 0.15) is 11.1 Å². The highest BCUT2D eigenvalue weighted by atomic mass is 35.5. The molecule has 1 amide bonds. The Morgan fingerprint density at radius 2 is 1.48 bits per heavy atom. The number of aryl methyl sites for hydroxylation is 2. The molecule has 0 unspecified atom stereocenters. The first kappa shape index (κ1) is 29.4. The van der Waals surface area contributed by atoms with Gasteiger partial charge in [0.05, 0.1) is 26.2 Å². The van der Waals surface area contributed by atoms with Crippen molar-refractivity contribution in [1.82, 2.24) is 0 Å². The van der Waals surface area contributed by atoms with E-state index < -0.39 is 32.5 Å². The number of anilines is 3. The third-order valence-electron chi connectivity index (χ3n) is 5.87. The van der Waals surface area contributed by atoms with E-state index in [0.717, 1.165) is 15.4 Å². The van der Waals surface area contributed by atoms with Gasteiger partial charge in [0, 0.05) is 10.7 Å². The lowest BCUT2D eigenvalue weighted by atomic mass is 10.1. The molecule has 0 aliphatic rings. The molecule has 4 aromatic rings. The van der Waals surface area contributed by atoms with Crippen LogP contribution in [0.15, 0.2) is 101 Å². The van der Waals surface area contributed by atoms with Crippen molar-refractivity contribution >= 4 is 66.2 Å². The highest BCUT2D eigenvalue weighted by Crippen LogP contribution is 2.33. The number of rotatable bonds is 9. The average Bonchev–Trinajstić information content (AvgIpc) is 2.91. The number of hydrogen-bond donors (Lipinski definition) is 2. The molecule has 4 aromatic carbocycles. The third-order valence-corrected chi connectivity index (χ3v) is 9.58. The summed E-state index contributed by atoms with van der Waals surface area (Å²) in [4.78, 5) is 13.0. The van der Waals surface area contributed by atoms with Gasteiger partial charge in [-0.3, -0.25) is 13.8 Å². The largest absolute Gasteiger partial charge is 0.325 e. The maximum atomic E-state index is 13.5. The minimum absolute atomic E-state index is 0.00975. The van der Waals surface area contributed by atoms with Crippen LogP contribution in [-0.2, 0) is 24.8 Å². The zero-order valence-corrected chi connectivity index (χ0v) is 24.6. The van der Waals surface area contributed by atoms with Crippen molar-refractivity contribution in [2.24, 2.45) is 0 Å². The fourth-order valence-electron chi connectivity index (χ4n) is 3.88. The molecule has 0 heterocycles. The number of sulfonamides is 2. The molecule has 4 rings (SSSR count). The van der Waals surface area contributed by atoms with Crippen molar-refractivity contribution in [3.63, 3.8) is 0 Å². The van der Waals surface area contributed by atoms with Crippen LogP contribution in [0.2, 0.25) is 10.0 Å². The van der Waals surface area contributed by atoms with E-state index >= 15 is 0 Å². The van der Waals surface area contributed by atoms with Crippen LogP contribution in [0.25, 0.3) is 0 Å². The zero-order valence-electron chi connectivity index (χ0n) is 21.4. The molecule has 8 nitrogen and oxygen atoms in total. The van der Waals surface area contributed by atoms with E-state index in [1.54, 1.807) is 37.3 Å². The van der Waals surface area contributed by atoms with E-state index in [1.165, 1.54) is 54.6 Å². The van der Waals surface area contributed by atoms with E-state index in [0.29, 0.717) is 5.69 Å². The van der Waals surface area contributed by atoms with Gasteiger partial charge < -0.3 is 5.32 Å². The summed E-state index contributed by atoms with van der Waals surface area (Å²) >= 11 is 12.4. The van der Waals surface area contributed by atoms with Crippen LogP contribution < -0.4 is 14.3 Å². The second-order valence-electron chi connectivity index (χ2n) is 8.92. The predicted octanol–water partition coefficient (Wildman–Crippen LogP) is 6.25. The Balaban J connectivity index is 1.55. The molecule has 0 atom stereocenters. The lowest BCUT2D eigenvalue weighted by Gasteiger charge is -2.25. The Morgan fingerprint density at radius 3 is 2.12 bits per heavy atom. The lowest BCUT2D eigenvalue weighted by Crippen LogP contribution is -2.38. The van der Waals surface area contributed by atoms with E-state index in [1.807, 2.05) is 13.0 Å². The second kappa shape index (κ2) is 11.9. The monoisotopic (exact) mass is 617 g/mol. The summed E-state index contributed by atoms with van der Waals surface area (Å²) in [5.41, 5.74) is 2.55. The molecule has 0 aliphatic heterocycles. The van der Waals surface area contributed by atoms with Gasteiger partial charge in [-0.05, 0) is 80.1 Å². The number of hydrogen-bond acceptors (Lipinski definition) is 5. The van der Waals surface area contributed by atoms with Crippen molar-refractivity contribution in [1.29, 1.82) is 0 Å². The smallest absolute Gasteiger partial charge is 0.264 e. The molecule has 12 heteroatoms. The summed E-state index contributed by atoms with van der Waals surface area (Å²) < 4.78 is 56.2. The van der Waals surface area contributed by atoms with Gasteiger partial charge in [-0.25, -0.2) is 16.8 Å². The number of nitrogens with one attached hydrogen (secondary N) is 2. The molecule has 0 fully saturated rings. The van der Waals surface area contributed by atoms with Gasteiger partial charge in [-0.15, -0.1) is 0 Å². The SMILES string of the molecule is Cc1ccc(NS(=O)(=O)c2ccc(NC(=O)CN(c3cc(Cl)ccc3Cl)S(=O)(=O)c3ccccc3)cc2)c(C)c1. The zero-order chi connectivity index (χ0) is 29.1. The van der Waals surface area contributed by atoms with E-state index in [2.05, 4.69) is 10.0 Å². The highest BCUT2D eigenvalue weighted by molar-refractivity contribution is 7.93. The van der Waals surface area contributed by atoms with Crippen molar-refractivity contribution in [3.8, 4) is 0 Å². The maximum Gasteiger partial charge on any atom is 0.264 e. The minimum Gasteiger partial charge on any atom is -0.325 e. The summed E-state index contributed by atoms with van der Waals surface area (Å²) in [6.07, 6.45) is 0. The first-order chi connectivity index (χ1) is 18.9. The van der Waals surface area contributed by atoms with Crippen molar-refractivity contribution < 1.29 is 21.6 Å². The third kappa shape index (κ3) is 6.76. The maximum absolute atomic E-state index is 13.5. The Labute approximate surface area is 243 Å². The molecule has 0 spiro atoms. The predicted molar refractivity (Wildman–Crippen MR) is 159 cm³/mol. The fourth-order valence-corrected chi connectivity index (χ4v) is 6.90. The van der Waals surface area contributed by atoms with Crippen LogP contribution in [-0.4, -0.2) is 29.3 Å². The molecule has 0 radical (unpaired) electrons. The number of benzene rings is 4. The molecule has 0 saturated carbocycles. The topological polar surface area (TPSA) is 113 Å². The molecular formula is C28H25Cl2N3O5S2. The van der Waals surface area contributed by atoms with Gasteiger partial charge in [0.1, 0.15) is 6.54 Å². The summed E-state index contributed by atoms with van der Waals surface area (Å²) in [6, 6.07) is 22.8. The molecule has 40 heavy (non-hydrogen) atoms. The number of carbonyl (C=O) groups is 1. The van der Waals surface area contributed by atoms with Crippen molar-refractivity contribution in [2.45, 2.75) is 23.6 Å². The van der Waals surface area contributed by atoms with Crippen molar-refractivity contribution in [3.05, 3.63) is 112 Å². The molecule has 2 N–H and O–H groups in total. The summed E-state index contributed by atoms with van der Waals surface area (Å²) in [6.45, 7) is 3.10. The van der Waals surface area contributed by atoms with Crippen LogP contribution in [0.3, 0.4) is 0 Å². The van der Waals surface area contributed by atoms with Gasteiger partial charge >= 0.3 is 0 Å². The van der Waals surface area contributed by atoms with Gasteiger partial charge in [0.2, 0.25) is 5.91 Å². The van der Waals surface area contributed by atoms with Gasteiger partial charge in [-0.2, -0.15) is 0 Å². The minimum atomic E-state index is -4.20. The van der Waals surface area contributed by atoms with E-state index in [9.17, 15) is 21.6 Å². The highest BCUT2D eigenvalue weighted by Gasteiger charge is 2.29. The fraction of sp³-hybridized carbons (Fsp3) is 0.107. The van der Waals surface area contributed by atoms with Gasteiger partial charge in [0.25, 0.3) is 20.0 Å². The van der Waals surface area contributed by atoms with E-state index in [-0.39, 0.29) is 31.2 Å².